The molecule has 0 saturated heterocycles. The highest BCUT2D eigenvalue weighted by atomic mass is 16.4. The van der Waals surface area contributed by atoms with E-state index in [2.05, 4.69) is 16.0 Å². The number of primary amides is 1. The van der Waals surface area contributed by atoms with Crippen molar-refractivity contribution in [3.8, 4) is 0 Å². The van der Waals surface area contributed by atoms with Gasteiger partial charge in [-0.3, -0.25) is 19.2 Å². The number of carbonyl (C=O) groups is 5. The molecular formula is C22H41N5O6. The molecule has 0 aromatic heterocycles. The number of aliphatic carboxylic acids is 1. The van der Waals surface area contributed by atoms with Gasteiger partial charge in [-0.15, -0.1) is 0 Å². The van der Waals surface area contributed by atoms with Gasteiger partial charge >= 0.3 is 5.97 Å². The number of amides is 4. The monoisotopic (exact) mass is 471 g/mol. The summed E-state index contributed by atoms with van der Waals surface area (Å²) in [5.41, 5.74) is 11.0. The van der Waals surface area contributed by atoms with Gasteiger partial charge in [-0.2, -0.15) is 0 Å². The molecule has 0 aliphatic heterocycles. The second-order valence-electron chi connectivity index (χ2n) is 9.24. The molecule has 0 aromatic carbocycles. The van der Waals surface area contributed by atoms with Crippen LogP contribution in [-0.4, -0.2) is 58.9 Å². The predicted molar refractivity (Wildman–Crippen MR) is 124 cm³/mol. The van der Waals surface area contributed by atoms with E-state index < -0.39 is 53.8 Å². The number of nitrogens with one attached hydrogen (secondary N) is 3. The van der Waals surface area contributed by atoms with Crippen molar-refractivity contribution in [1.82, 2.24) is 16.0 Å². The van der Waals surface area contributed by atoms with Crippen LogP contribution in [0.25, 0.3) is 0 Å². The third-order valence-electron chi connectivity index (χ3n) is 5.45. The van der Waals surface area contributed by atoms with Crippen LogP contribution in [0.4, 0.5) is 0 Å². The summed E-state index contributed by atoms with van der Waals surface area (Å²) < 4.78 is 0. The number of carbonyl (C=O) groups excluding carboxylic acids is 4. The number of carboxylic acids is 1. The average Bonchev–Trinajstić information content (AvgIpc) is 2.71. The summed E-state index contributed by atoms with van der Waals surface area (Å²) in [5.74, 6) is -4.10. The summed E-state index contributed by atoms with van der Waals surface area (Å²) in [5, 5.41) is 17.1. The first-order valence-electron chi connectivity index (χ1n) is 11.4. The van der Waals surface area contributed by atoms with Gasteiger partial charge in [0.1, 0.15) is 18.1 Å². The minimum Gasteiger partial charge on any atom is -0.480 e. The Morgan fingerprint density at radius 1 is 0.848 bits per heavy atom. The van der Waals surface area contributed by atoms with E-state index in [1.165, 1.54) is 0 Å². The highest BCUT2D eigenvalue weighted by Gasteiger charge is 2.33. The van der Waals surface area contributed by atoms with Crippen molar-refractivity contribution in [3.63, 3.8) is 0 Å². The molecule has 0 fully saturated rings. The van der Waals surface area contributed by atoms with Gasteiger partial charge in [-0.25, -0.2) is 4.79 Å². The van der Waals surface area contributed by atoms with E-state index in [9.17, 15) is 29.1 Å². The number of rotatable bonds is 15. The van der Waals surface area contributed by atoms with Gasteiger partial charge in [0, 0.05) is 6.42 Å². The van der Waals surface area contributed by atoms with Crippen LogP contribution >= 0.6 is 0 Å². The molecule has 4 amide bonds. The van der Waals surface area contributed by atoms with Gasteiger partial charge in [-0.05, 0) is 30.6 Å². The van der Waals surface area contributed by atoms with Crippen LogP contribution in [0.15, 0.2) is 0 Å². The molecule has 0 aliphatic carbocycles. The van der Waals surface area contributed by atoms with Crippen molar-refractivity contribution in [3.05, 3.63) is 0 Å². The maximum absolute atomic E-state index is 13.1. The second kappa shape index (κ2) is 14.5. The van der Waals surface area contributed by atoms with Crippen LogP contribution in [0.3, 0.4) is 0 Å². The number of nitrogens with two attached hydrogens (primary N) is 2. The van der Waals surface area contributed by atoms with Gasteiger partial charge in [-0.1, -0.05) is 48.0 Å². The lowest BCUT2D eigenvalue weighted by molar-refractivity contribution is -0.143. The number of hydrogen-bond donors (Lipinski definition) is 6. The van der Waals surface area contributed by atoms with Crippen molar-refractivity contribution in [2.75, 3.05) is 0 Å². The molecule has 11 nitrogen and oxygen atoms in total. The Labute approximate surface area is 195 Å². The lowest BCUT2D eigenvalue weighted by atomic mass is 9.96. The van der Waals surface area contributed by atoms with Crippen LogP contribution in [0.5, 0.6) is 0 Å². The lowest BCUT2D eigenvalue weighted by Crippen LogP contribution is -2.59. The molecule has 0 spiro atoms. The Balaban J connectivity index is 5.57. The smallest absolute Gasteiger partial charge is 0.326 e. The van der Waals surface area contributed by atoms with Crippen molar-refractivity contribution in [2.45, 2.75) is 91.4 Å². The first-order valence-corrected chi connectivity index (χ1v) is 11.4. The van der Waals surface area contributed by atoms with Crippen molar-refractivity contribution >= 4 is 29.6 Å². The van der Waals surface area contributed by atoms with Crippen molar-refractivity contribution in [2.24, 2.45) is 29.2 Å². The molecule has 5 atom stereocenters. The standard InChI is InChI=1S/C22H41N5O6/c1-7-13(6)18(21(31)25-14(22(32)33)8-9-16(23)28)27-19(29)15(10-11(2)3)26-20(30)17(24)12(4)5/h11-15,17-18H,7-10,24H2,1-6H3,(H2,23,28)(H,25,31)(H,26,30)(H,27,29)(H,32,33). The van der Waals surface area contributed by atoms with Gasteiger partial charge in [0.25, 0.3) is 0 Å². The van der Waals surface area contributed by atoms with Gasteiger partial charge in [0.05, 0.1) is 6.04 Å². The fraction of sp³-hybridized carbons (Fsp3) is 0.773. The molecule has 11 heteroatoms. The zero-order valence-electron chi connectivity index (χ0n) is 20.5. The van der Waals surface area contributed by atoms with E-state index >= 15 is 0 Å². The minimum atomic E-state index is -1.33. The SMILES string of the molecule is CCC(C)C(NC(=O)C(CC(C)C)NC(=O)C(N)C(C)C)C(=O)NC(CCC(N)=O)C(=O)O. The molecule has 0 rings (SSSR count). The van der Waals surface area contributed by atoms with Crippen LogP contribution in [0.1, 0.15) is 67.2 Å². The highest BCUT2D eigenvalue weighted by molar-refractivity contribution is 5.94. The molecule has 8 N–H and O–H groups in total. The Morgan fingerprint density at radius 3 is 1.82 bits per heavy atom. The number of hydrogen-bond acceptors (Lipinski definition) is 6. The Hall–Kier alpha value is -2.69. The molecule has 5 unspecified atom stereocenters. The molecular weight excluding hydrogens is 430 g/mol. The van der Waals surface area contributed by atoms with E-state index in [-0.39, 0.29) is 30.6 Å². The van der Waals surface area contributed by atoms with Gasteiger partial charge < -0.3 is 32.5 Å². The summed E-state index contributed by atoms with van der Waals surface area (Å²) in [7, 11) is 0. The molecule has 0 heterocycles. The second-order valence-corrected chi connectivity index (χ2v) is 9.24. The molecule has 0 bridgehead atoms. The largest absolute Gasteiger partial charge is 0.480 e. The first kappa shape index (κ1) is 30.3. The zero-order chi connectivity index (χ0) is 25.9. The Kier molecular flexibility index (Phi) is 13.3. The topological polar surface area (TPSA) is 194 Å². The van der Waals surface area contributed by atoms with Crippen LogP contribution in [0, 0.1) is 17.8 Å². The molecule has 0 aromatic rings. The fourth-order valence-corrected chi connectivity index (χ4v) is 3.03. The summed E-state index contributed by atoms with van der Waals surface area (Å²) in [6.45, 7) is 10.9. The molecule has 0 radical (unpaired) electrons. The van der Waals surface area contributed by atoms with E-state index in [4.69, 9.17) is 11.5 Å². The van der Waals surface area contributed by atoms with E-state index in [0.717, 1.165) is 0 Å². The number of carboxylic acid groups (broad SMARTS) is 1. The Bertz CT molecular complexity index is 697. The Morgan fingerprint density at radius 2 is 1.39 bits per heavy atom. The molecule has 190 valence electrons. The average molecular weight is 472 g/mol. The third kappa shape index (κ3) is 11.1. The van der Waals surface area contributed by atoms with E-state index in [1.54, 1.807) is 20.8 Å². The normalized spacial score (nSPS) is 15.8. The fourth-order valence-electron chi connectivity index (χ4n) is 3.03. The van der Waals surface area contributed by atoms with Crippen LogP contribution in [0.2, 0.25) is 0 Å². The molecule has 0 saturated carbocycles. The quantitative estimate of drug-likeness (QED) is 0.191. The van der Waals surface area contributed by atoms with Gasteiger partial charge in [0.2, 0.25) is 23.6 Å². The maximum Gasteiger partial charge on any atom is 0.326 e. The predicted octanol–water partition coefficient (Wildman–Crippen LogP) is -0.134. The summed E-state index contributed by atoms with van der Waals surface area (Å²) >= 11 is 0. The van der Waals surface area contributed by atoms with E-state index in [0.29, 0.717) is 12.8 Å². The maximum atomic E-state index is 13.1. The highest BCUT2D eigenvalue weighted by Crippen LogP contribution is 2.12. The lowest BCUT2D eigenvalue weighted by Gasteiger charge is -2.29. The van der Waals surface area contributed by atoms with Gasteiger partial charge in [0.15, 0.2) is 0 Å². The van der Waals surface area contributed by atoms with Crippen molar-refractivity contribution < 1.29 is 29.1 Å². The minimum absolute atomic E-state index is 0.0670. The summed E-state index contributed by atoms with van der Waals surface area (Å²) in [6.07, 6.45) is 0.470. The van der Waals surface area contributed by atoms with E-state index in [1.807, 2.05) is 20.8 Å². The van der Waals surface area contributed by atoms with Crippen LogP contribution < -0.4 is 27.4 Å². The van der Waals surface area contributed by atoms with Crippen molar-refractivity contribution in [1.29, 1.82) is 0 Å². The van der Waals surface area contributed by atoms with Crippen LogP contribution in [-0.2, 0) is 24.0 Å². The zero-order valence-corrected chi connectivity index (χ0v) is 20.5. The summed E-state index contributed by atoms with van der Waals surface area (Å²) in [6, 6.07) is -4.07. The molecule has 33 heavy (non-hydrogen) atoms. The molecule has 0 aliphatic rings. The first-order chi connectivity index (χ1) is 15.2. The summed E-state index contributed by atoms with van der Waals surface area (Å²) in [4.78, 5) is 60.9. The third-order valence-corrected chi connectivity index (χ3v) is 5.45.